The number of hydrogen-bond donors (Lipinski definition) is 1. The van der Waals surface area contributed by atoms with Gasteiger partial charge in [-0.05, 0) is 45.7 Å². The molecule has 1 aliphatic heterocycles. The molecule has 156 valence electrons. The zero-order valence-electron chi connectivity index (χ0n) is 17.3. The molecule has 1 aliphatic carbocycles. The van der Waals surface area contributed by atoms with Crippen LogP contribution in [-0.4, -0.2) is 34.9 Å². The summed E-state index contributed by atoms with van der Waals surface area (Å²) in [5.41, 5.74) is 0.748. The first-order valence-corrected chi connectivity index (χ1v) is 10.3. The largest absolute Gasteiger partial charge is 0.462 e. The number of rotatable bonds is 7. The molecule has 1 N–H and O–H groups in total. The van der Waals surface area contributed by atoms with Crippen molar-refractivity contribution in [2.45, 2.75) is 64.3 Å². The van der Waals surface area contributed by atoms with Crippen molar-refractivity contribution in [2.24, 2.45) is 11.8 Å². The maximum absolute atomic E-state index is 12.5. The molecule has 1 unspecified atom stereocenters. The van der Waals surface area contributed by atoms with Crippen LogP contribution in [0.3, 0.4) is 0 Å². The molecular formula is C24H30O5. The predicted octanol–water partition coefficient (Wildman–Crippen LogP) is 4.22. The van der Waals surface area contributed by atoms with Crippen LogP contribution in [0.1, 0.15) is 56.8 Å². The van der Waals surface area contributed by atoms with Crippen molar-refractivity contribution in [1.82, 2.24) is 0 Å². The first-order valence-electron chi connectivity index (χ1n) is 10.3. The van der Waals surface area contributed by atoms with E-state index in [1.165, 1.54) is 5.57 Å². The molecule has 1 aromatic carbocycles. The minimum absolute atomic E-state index is 0.0269. The van der Waals surface area contributed by atoms with Gasteiger partial charge in [0, 0.05) is 18.3 Å². The van der Waals surface area contributed by atoms with Crippen molar-refractivity contribution in [3.63, 3.8) is 0 Å². The Bertz CT molecular complexity index is 789. The Balaban J connectivity index is 1.72. The molecule has 2 fully saturated rings. The van der Waals surface area contributed by atoms with Crippen molar-refractivity contribution in [2.75, 3.05) is 0 Å². The molecular weight excluding hydrogens is 368 g/mol. The Morgan fingerprint density at radius 3 is 2.72 bits per heavy atom. The molecule has 5 heteroatoms. The maximum Gasteiger partial charge on any atom is 0.338 e. The molecule has 0 bridgehead atoms. The van der Waals surface area contributed by atoms with Crippen LogP contribution in [-0.2, 0) is 14.3 Å². The van der Waals surface area contributed by atoms with Crippen molar-refractivity contribution >= 4 is 11.9 Å². The summed E-state index contributed by atoms with van der Waals surface area (Å²) in [6.07, 6.45) is 7.37. The molecule has 0 aromatic heterocycles. The third-order valence-corrected chi connectivity index (χ3v) is 5.70. The number of esters is 2. The van der Waals surface area contributed by atoms with Gasteiger partial charge in [0.2, 0.25) is 0 Å². The van der Waals surface area contributed by atoms with E-state index in [1.54, 1.807) is 37.3 Å². The Morgan fingerprint density at radius 1 is 1.31 bits per heavy atom. The van der Waals surface area contributed by atoms with Crippen LogP contribution in [0.15, 0.2) is 54.1 Å². The van der Waals surface area contributed by atoms with Crippen LogP contribution in [0, 0.1) is 11.8 Å². The molecule has 0 radical (unpaired) electrons. The fourth-order valence-corrected chi connectivity index (χ4v) is 4.12. The lowest BCUT2D eigenvalue weighted by molar-refractivity contribution is -0.141. The molecule has 2 aliphatic rings. The summed E-state index contributed by atoms with van der Waals surface area (Å²) in [6.45, 7) is 5.84. The Kier molecular flexibility index (Phi) is 6.58. The summed E-state index contributed by atoms with van der Waals surface area (Å²) in [6, 6.07) is 8.87. The van der Waals surface area contributed by atoms with Gasteiger partial charge in [-0.1, -0.05) is 42.0 Å². The highest BCUT2D eigenvalue weighted by Gasteiger charge is 2.50. The van der Waals surface area contributed by atoms with E-state index in [2.05, 4.69) is 6.08 Å². The van der Waals surface area contributed by atoms with E-state index in [0.29, 0.717) is 24.8 Å². The average Bonchev–Trinajstić information content (AvgIpc) is 3.15. The summed E-state index contributed by atoms with van der Waals surface area (Å²) in [4.78, 5) is 24.3. The Morgan fingerprint density at radius 2 is 2.03 bits per heavy atom. The van der Waals surface area contributed by atoms with Crippen LogP contribution in [0.4, 0.5) is 0 Å². The van der Waals surface area contributed by atoms with Gasteiger partial charge in [0.05, 0.1) is 17.6 Å². The van der Waals surface area contributed by atoms with Gasteiger partial charge >= 0.3 is 11.9 Å². The van der Waals surface area contributed by atoms with Gasteiger partial charge in [0.15, 0.2) is 0 Å². The topological polar surface area (TPSA) is 72.8 Å². The van der Waals surface area contributed by atoms with E-state index >= 15 is 0 Å². The van der Waals surface area contributed by atoms with E-state index in [0.717, 1.165) is 6.42 Å². The quantitative estimate of drug-likeness (QED) is 0.550. The zero-order chi connectivity index (χ0) is 21.0. The number of hydrogen-bond acceptors (Lipinski definition) is 5. The highest BCUT2D eigenvalue weighted by Crippen LogP contribution is 2.44. The van der Waals surface area contributed by atoms with E-state index in [4.69, 9.17) is 9.47 Å². The smallest absolute Gasteiger partial charge is 0.338 e. The number of fused-ring (bicyclic) bond motifs is 1. The van der Waals surface area contributed by atoms with Crippen molar-refractivity contribution < 1.29 is 24.2 Å². The van der Waals surface area contributed by atoms with Crippen LogP contribution in [0.2, 0.25) is 0 Å². The van der Waals surface area contributed by atoms with Crippen LogP contribution >= 0.6 is 0 Å². The summed E-state index contributed by atoms with van der Waals surface area (Å²) < 4.78 is 11.2. The van der Waals surface area contributed by atoms with Gasteiger partial charge in [-0.25, -0.2) is 4.79 Å². The fraction of sp³-hybridized carbons (Fsp3) is 0.500. The van der Waals surface area contributed by atoms with E-state index in [1.807, 2.05) is 26.0 Å². The first kappa shape index (κ1) is 21.3. The minimum atomic E-state index is -0.971. The Labute approximate surface area is 172 Å². The monoisotopic (exact) mass is 398 g/mol. The Hall–Kier alpha value is -2.40. The number of carbonyl (C=O) groups is 2. The minimum Gasteiger partial charge on any atom is -0.462 e. The normalized spacial score (nSPS) is 27.9. The SMILES string of the molecule is CC(C)=CCCC(C)(O)C=C[C@H]1[C@@H]2CC(=O)O[C@H]2C[C@@H]1OC(=O)c1ccccc1. The molecule has 1 aromatic rings. The summed E-state index contributed by atoms with van der Waals surface area (Å²) in [5, 5.41) is 10.7. The van der Waals surface area contributed by atoms with Crippen molar-refractivity contribution in [1.29, 1.82) is 0 Å². The second-order valence-electron chi connectivity index (χ2n) is 8.56. The summed E-state index contributed by atoms with van der Waals surface area (Å²) >= 11 is 0. The summed E-state index contributed by atoms with van der Waals surface area (Å²) in [5.74, 6) is -0.771. The van der Waals surface area contributed by atoms with E-state index in [9.17, 15) is 14.7 Å². The maximum atomic E-state index is 12.5. The first-order chi connectivity index (χ1) is 13.7. The number of aliphatic hydroxyl groups is 1. The van der Waals surface area contributed by atoms with Gasteiger partial charge in [-0.2, -0.15) is 0 Å². The van der Waals surface area contributed by atoms with Gasteiger partial charge in [0.1, 0.15) is 12.2 Å². The zero-order valence-corrected chi connectivity index (χ0v) is 17.3. The van der Waals surface area contributed by atoms with Crippen molar-refractivity contribution in [3.8, 4) is 0 Å². The highest BCUT2D eigenvalue weighted by molar-refractivity contribution is 5.89. The lowest BCUT2D eigenvalue weighted by Gasteiger charge is -2.23. The lowest BCUT2D eigenvalue weighted by atomic mass is 9.89. The molecule has 3 rings (SSSR count). The van der Waals surface area contributed by atoms with E-state index < -0.39 is 5.60 Å². The molecule has 0 amide bonds. The molecule has 1 heterocycles. The van der Waals surface area contributed by atoms with Crippen molar-refractivity contribution in [3.05, 3.63) is 59.7 Å². The van der Waals surface area contributed by atoms with Gasteiger partial charge in [-0.15, -0.1) is 0 Å². The second kappa shape index (κ2) is 8.95. The molecule has 1 saturated heterocycles. The van der Waals surface area contributed by atoms with Crippen LogP contribution in [0.5, 0.6) is 0 Å². The summed E-state index contributed by atoms with van der Waals surface area (Å²) in [7, 11) is 0. The number of allylic oxidation sites excluding steroid dienone is 2. The van der Waals surface area contributed by atoms with Gasteiger partial charge < -0.3 is 14.6 Å². The number of carbonyl (C=O) groups excluding carboxylic acids is 2. The molecule has 5 atom stereocenters. The number of ether oxygens (including phenoxy) is 2. The molecule has 29 heavy (non-hydrogen) atoms. The van der Waals surface area contributed by atoms with Gasteiger partial charge in [-0.3, -0.25) is 4.79 Å². The third-order valence-electron chi connectivity index (χ3n) is 5.70. The predicted molar refractivity (Wildman–Crippen MR) is 110 cm³/mol. The van der Waals surface area contributed by atoms with E-state index in [-0.39, 0.29) is 36.0 Å². The van der Waals surface area contributed by atoms with Crippen LogP contribution < -0.4 is 0 Å². The lowest BCUT2D eigenvalue weighted by Crippen LogP contribution is -2.26. The molecule has 0 spiro atoms. The molecule has 5 nitrogen and oxygen atoms in total. The van der Waals surface area contributed by atoms with Gasteiger partial charge in [0.25, 0.3) is 0 Å². The average molecular weight is 398 g/mol. The molecule has 1 saturated carbocycles. The third kappa shape index (κ3) is 5.57. The fourth-order valence-electron chi connectivity index (χ4n) is 4.12. The standard InChI is InChI=1S/C24H30O5/c1-16(2)8-7-12-24(3,27)13-11-18-19-14-22(25)28-21(19)15-20(18)29-23(26)17-9-5-4-6-10-17/h4-6,8-11,13,18-21,27H,7,12,14-15H2,1-3H3/t18-,19-,20-,21-,24?/m0/s1. The van der Waals surface area contributed by atoms with Crippen LogP contribution in [0.25, 0.3) is 0 Å². The highest BCUT2D eigenvalue weighted by atomic mass is 16.6. The second-order valence-corrected chi connectivity index (χ2v) is 8.56. The number of benzene rings is 1.